The Labute approximate surface area is 126 Å². The van der Waals surface area contributed by atoms with Gasteiger partial charge in [0.25, 0.3) is 0 Å². The van der Waals surface area contributed by atoms with Crippen molar-refractivity contribution in [2.24, 2.45) is 0 Å². The van der Waals surface area contributed by atoms with Gasteiger partial charge in [0, 0.05) is 9.50 Å². The zero-order valence-electron chi connectivity index (χ0n) is 9.96. The Morgan fingerprint density at radius 2 is 1.89 bits per heavy atom. The van der Waals surface area contributed by atoms with Gasteiger partial charge in [-0.05, 0) is 42.2 Å². The molecule has 3 heteroatoms. The molecule has 18 heavy (non-hydrogen) atoms. The third kappa shape index (κ3) is 3.28. The van der Waals surface area contributed by atoms with Gasteiger partial charge in [0.05, 0.1) is 5.38 Å². The maximum absolute atomic E-state index is 6.50. The van der Waals surface area contributed by atoms with Crippen molar-refractivity contribution in [3.05, 3.63) is 68.7 Å². The van der Waals surface area contributed by atoms with E-state index in [1.807, 2.05) is 30.3 Å². The minimum absolute atomic E-state index is 0.0576. The zero-order chi connectivity index (χ0) is 13.1. The van der Waals surface area contributed by atoms with Crippen LogP contribution in [0.5, 0.6) is 0 Å². The van der Waals surface area contributed by atoms with E-state index in [4.69, 9.17) is 23.2 Å². The molecule has 0 saturated heterocycles. The van der Waals surface area contributed by atoms with Crippen LogP contribution < -0.4 is 0 Å². The SMILES string of the molecule is Cc1ccccc1CC(Cl)c1ccc(Cl)cc1Br. The van der Waals surface area contributed by atoms with Crippen molar-refractivity contribution in [1.82, 2.24) is 0 Å². The van der Waals surface area contributed by atoms with Crippen LogP contribution in [0.15, 0.2) is 46.9 Å². The van der Waals surface area contributed by atoms with E-state index in [1.165, 1.54) is 11.1 Å². The second kappa shape index (κ2) is 6.10. The van der Waals surface area contributed by atoms with Gasteiger partial charge < -0.3 is 0 Å². The number of rotatable bonds is 3. The highest BCUT2D eigenvalue weighted by Crippen LogP contribution is 2.33. The molecule has 0 aromatic heterocycles. The number of alkyl halides is 1. The van der Waals surface area contributed by atoms with Gasteiger partial charge in [-0.3, -0.25) is 0 Å². The second-order valence-corrected chi connectivity index (χ2v) is 6.08. The molecule has 0 N–H and O–H groups in total. The molecular weight excluding hydrogens is 331 g/mol. The number of aryl methyl sites for hydroxylation is 1. The van der Waals surface area contributed by atoms with E-state index in [9.17, 15) is 0 Å². The number of hydrogen-bond acceptors (Lipinski definition) is 0. The van der Waals surface area contributed by atoms with E-state index in [1.54, 1.807) is 0 Å². The van der Waals surface area contributed by atoms with E-state index in [0.717, 1.165) is 16.5 Å². The summed E-state index contributed by atoms with van der Waals surface area (Å²) in [7, 11) is 0. The van der Waals surface area contributed by atoms with Crippen molar-refractivity contribution >= 4 is 39.1 Å². The van der Waals surface area contributed by atoms with Crippen LogP contribution in [0.2, 0.25) is 5.02 Å². The third-order valence-corrected chi connectivity index (χ3v) is 4.27. The maximum Gasteiger partial charge on any atom is 0.0636 e. The highest BCUT2D eigenvalue weighted by Gasteiger charge is 2.13. The van der Waals surface area contributed by atoms with Crippen LogP contribution in [0.4, 0.5) is 0 Å². The first-order valence-corrected chi connectivity index (χ1v) is 7.32. The van der Waals surface area contributed by atoms with Crippen molar-refractivity contribution in [2.75, 3.05) is 0 Å². The molecular formula is C15H13BrCl2. The molecule has 0 spiro atoms. The van der Waals surface area contributed by atoms with Crippen molar-refractivity contribution in [3.63, 3.8) is 0 Å². The molecule has 0 aliphatic heterocycles. The Balaban J connectivity index is 2.22. The molecule has 0 amide bonds. The van der Waals surface area contributed by atoms with E-state index in [0.29, 0.717) is 5.02 Å². The van der Waals surface area contributed by atoms with Crippen molar-refractivity contribution in [3.8, 4) is 0 Å². The van der Waals surface area contributed by atoms with Crippen molar-refractivity contribution in [1.29, 1.82) is 0 Å². The van der Waals surface area contributed by atoms with Gasteiger partial charge >= 0.3 is 0 Å². The Morgan fingerprint density at radius 3 is 2.56 bits per heavy atom. The quantitative estimate of drug-likeness (QED) is 0.605. The largest absolute Gasteiger partial charge is 0.117 e. The minimum Gasteiger partial charge on any atom is -0.117 e. The summed E-state index contributed by atoms with van der Waals surface area (Å²) in [6, 6.07) is 14.0. The summed E-state index contributed by atoms with van der Waals surface area (Å²) in [4.78, 5) is 0. The number of halogens is 3. The molecule has 0 saturated carbocycles. The molecule has 0 nitrogen and oxygen atoms in total. The van der Waals surface area contributed by atoms with E-state index in [2.05, 4.69) is 35.0 Å². The van der Waals surface area contributed by atoms with Gasteiger partial charge in [-0.15, -0.1) is 11.6 Å². The Kier molecular flexibility index (Phi) is 4.71. The molecule has 1 atom stereocenters. The van der Waals surface area contributed by atoms with Crippen molar-refractivity contribution < 1.29 is 0 Å². The van der Waals surface area contributed by atoms with Crippen LogP contribution in [0.25, 0.3) is 0 Å². The van der Waals surface area contributed by atoms with Crippen LogP contribution >= 0.6 is 39.1 Å². The fourth-order valence-electron chi connectivity index (χ4n) is 1.90. The van der Waals surface area contributed by atoms with Crippen LogP contribution in [-0.4, -0.2) is 0 Å². The molecule has 1 unspecified atom stereocenters. The highest BCUT2D eigenvalue weighted by atomic mass is 79.9. The fraction of sp³-hybridized carbons (Fsp3) is 0.200. The lowest BCUT2D eigenvalue weighted by molar-refractivity contribution is 0.906. The summed E-state index contributed by atoms with van der Waals surface area (Å²) in [5.41, 5.74) is 3.62. The molecule has 0 aliphatic rings. The van der Waals surface area contributed by atoms with Crippen LogP contribution in [-0.2, 0) is 6.42 Å². The molecule has 0 heterocycles. The Hall–Kier alpha value is -0.500. The van der Waals surface area contributed by atoms with Gasteiger partial charge in [-0.25, -0.2) is 0 Å². The van der Waals surface area contributed by atoms with Crippen LogP contribution in [0.1, 0.15) is 22.1 Å². The maximum atomic E-state index is 6.50. The number of hydrogen-bond donors (Lipinski definition) is 0. The summed E-state index contributed by atoms with van der Waals surface area (Å²) >= 11 is 15.9. The first-order chi connectivity index (χ1) is 8.58. The zero-order valence-corrected chi connectivity index (χ0v) is 13.1. The summed E-state index contributed by atoms with van der Waals surface area (Å²) in [6.07, 6.45) is 0.814. The smallest absolute Gasteiger partial charge is 0.0636 e. The Morgan fingerprint density at radius 1 is 1.17 bits per heavy atom. The van der Waals surface area contributed by atoms with Gasteiger partial charge in [-0.2, -0.15) is 0 Å². The first kappa shape index (κ1) is 13.9. The van der Waals surface area contributed by atoms with E-state index >= 15 is 0 Å². The Bertz CT molecular complexity index is 552. The lowest BCUT2D eigenvalue weighted by Gasteiger charge is -2.13. The molecule has 2 aromatic carbocycles. The van der Waals surface area contributed by atoms with Crippen LogP contribution in [0.3, 0.4) is 0 Å². The van der Waals surface area contributed by atoms with E-state index < -0.39 is 0 Å². The monoisotopic (exact) mass is 342 g/mol. The normalized spacial score (nSPS) is 12.4. The summed E-state index contributed by atoms with van der Waals surface area (Å²) < 4.78 is 0.962. The molecule has 94 valence electrons. The van der Waals surface area contributed by atoms with Crippen molar-refractivity contribution in [2.45, 2.75) is 18.7 Å². The van der Waals surface area contributed by atoms with Gasteiger partial charge in [-0.1, -0.05) is 57.9 Å². The molecule has 0 bridgehead atoms. The average Bonchev–Trinajstić information content (AvgIpc) is 2.32. The molecule has 2 rings (SSSR count). The lowest BCUT2D eigenvalue weighted by atomic mass is 10.0. The average molecular weight is 344 g/mol. The van der Waals surface area contributed by atoms with Gasteiger partial charge in [0.2, 0.25) is 0 Å². The molecule has 0 fully saturated rings. The standard InChI is InChI=1S/C15H13BrCl2/c1-10-4-2-3-5-11(10)8-15(18)13-7-6-12(17)9-14(13)16/h2-7,9,15H,8H2,1H3. The topological polar surface area (TPSA) is 0 Å². The molecule has 0 radical (unpaired) electrons. The van der Waals surface area contributed by atoms with E-state index in [-0.39, 0.29) is 5.38 Å². The first-order valence-electron chi connectivity index (χ1n) is 5.71. The molecule has 0 aliphatic carbocycles. The summed E-state index contributed by atoms with van der Waals surface area (Å²) in [5.74, 6) is 0. The lowest BCUT2D eigenvalue weighted by Crippen LogP contribution is -1.98. The summed E-state index contributed by atoms with van der Waals surface area (Å²) in [6.45, 7) is 2.11. The summed E-state index contributed by atoms with van der Waals surface area (Å²) in [5, 5.41) is 0.656. The number of benzene rings is 2. The second-order valence-electron chi connectivity index (χ2n) is 4.26. The predicted octanol–water partition coefficient (Wildman–Crippen LogP) is 5.93. The predicted molar refractivity (Wildman–Crippen MR) is 82.6 cm³/mol. The highest BCUT2D eigenvalue weighted by molar-refractivity contribution is 9.10. The van der Waals surface area contributed by atoms with Gasteiger partial charge in [0.15, 0.2) is 0 Å². The fourth-order valence-corrected chi connectivity index (χ4v) is 3.35. The van der Waals surface area contributed by atoms with Crippen LogP contribution in [0, 0.1) is 6.92 Å². The minimum atomic E-state index is -0.0576. The third-order valence-electron chi connectivity index (χ3n) is 2.96. The van der Waals surface area contributed by atoms with Gasteiger partial charge in [0.1, 0.15) is 0 Å². The molecule has 2 aromatic rings.